The van der Waals surface area contributed by atoms with E-state index in [-0.39, 0.29) is 6.04 Å². The molecule has 2 aromatic rings. The number of piperidine rings is 1. The number of rotatable bonds is 5. The second-order valence-corrected chi connectivity index (χ2v) is 9.81. The van der Waals surface area contributed by atoms with Crippen molar-refractivity contribution in [2.24, 2.45) is 5.92 Å². The van der Waals surface area contributed by atoms with Gasteiger partial charge in [0.1, 0.15) is 0 Å². The Balaban J connectivity index is 1.43. The first kappa shape index (κ1) is 18.8. The first-order chi connectivity index (χ1) is 13.0. The van der Waals surface area contributed by atoms with E-state index in [0.29, 0.717) is 10.3 Å². The van der Waals surface area contributed by atoms with Crippen LogP contribution in [0.3, 0.4) is 0 Å². The van der Waals surface area contributed by atoms with Gasteiger partial charge in [0, 0.05) is 24.2 Å². The van der Waals surface area contributed by atoms with Crippen molar-refractivity contribution in [3.8, 4) is 0 Å². The van der Waals surface area contributed by atoms with Crippen molar-refractivity contribution in [3.63, 3.8) is 0 Å². The molecule has 0 radical (unpaired) electrons. The molecule has 27 heavy (non-hydrogen) atoms. The van der Waals surface area contributed by atoms with Gasteiger partial charge >= 0.3 is 0 Å². The molecule has 1 N–H and O–H groups in total. The normalized spacial score (nSPS) is 20.5. The number of pyridine rings is 1. The SMILES string of the molecule is Cc1ccc(S(=O)(=O)NC2CCN(CC3CCCC3)CC2)c2cccnc12. The van der Waals surface area contributed by atoms with Crippen LogP contribution in [0.1, 0.15) is 44.1 Å². The predicted octanol–water partition coefficient (Wildman–Crippen LogP) is 3.48. The summed E-state index contributed by atoms with van der Waals surface area (Å²) in [7, 11) is -3.55. The number of nitrogens with one attached hydrogen (secondary N) is 1. The minimum absolute atomic E-state index is 0.0165. The Morgan fingerprint density at radius 1 is 1.11 bits per heavy atom. The molecule has 1 aromatic carbocycles. The minimum Gasteiger partial charge on any atom is -0.303 e. The first-order valence-corrected chi connectivity index (χ1v) is 11.6. The maximum absolute atomic E-state index is 13.0. The van der Waals surface area contributed by atoms with Crippen LogP contribution in [0.15, 0.2) is 35.4 Å². The molecule has 1 aliphatic carbocycles. The standard InChI is InChI=1S/C21H29N3O2S/c1-16-8-9-20(19-7-4-12-22-21(16)19)27(25,26)23-18-10-13-24(14-11-18)15-17-5-2-3-6-17/h4,7-9,12,17-18,23H,2-3,5-6,10-11,13-15H2,1H3. The zero-order chi connectivity index (χ0) is 18.9. The third-order valence-electron chi connectivity index (χ3n) is 6.12. The van der Waals surface area contributed by atoms with Gasteiger partial charge in [-0.25, -0.2) is 13.1 Å². The van der Waals surface area contributed by atoms with Crippen LogP contribution in [0, 0.1) is 12.8 Å². The summed E-state index contributed by atoms with van der Waals surface area (Å²) in [5, 5.41) is 0.698. The first-order valence-electron chi connectivity index (χ1n) is 10.1. The Bertz CT molecular complexity index is 899. The summed E-state index contributed by atoms with van der Waals surface area (Å²) in [6, 6.07) is 7.20. The van der Waals surface area contributed by atoms with Gasteiger partial charge in [-0.1, -0.05) is 18.9 Å². The van der Waals surface area contributed by atoms with Gasteiger partial charge in [0.05, 0.1) is 10.4 Å². The zero-order valence-electron chi connectivity index (χ0n) is 16.0. The molecule has 2 fully saturated rings. The largest absolute Gasteiger partial charge is 0.303 e. The lowest BCUT2D eigenvalue weighted by molar-refractivity contribution is 0.180. The van der Waals surface area contributed by atoms with E-state index in [2.05, 4.69) is 14.6 Å². The van der Waals surface area contributed by atoms with E-state index in [1.54, 1.807) is 18.3 Å². The Labute approximate surface area is 162 Å². The summed E-state index contributed by atoms with van der Waals surface area (Å²) in [6.07, 6.45) is 8.95. The lowest BCUT2D eigenvalue weighted by atomic mass is 10.0. The van der Waals surface area contributed by atoms with E-state index in [0.717, 1.165) is 42.9 Å². The van der Waals surface area contributed by atoms with Crippen molar-refractivity contribution in [1.82, 2.24) is 14.6 Å². The number of benzene rings is 1. The molecule has 4 rings (SSSR count). The monoisotopic (exact) mass is 387 g/mol. The number of sulfonamides is 1. The highest BCUT2D eigenvalue weighted by molar-refractivity contribution is 7.89. The minimum atomic E-state index is -3.55. The van der Waals surface area contributed by atoms with E-state index in [1.165, 1.54) is 32.2 Å². The summed E-state index contributed by atoms with van der Waals surface area (Å²) < 4.78 is 29.0. The van der Waals surface area contributed by atoms with Gasteiger partial charge < -0.3 is 4.90 Å². The number of nitrogens with zero attached hydrogens (tertiary/aromatic N) is 2. The summed E-state index contributed by atoms with van der Waals surface area (Å²) in [5.74, 6) is 0.852. The fraction of sp³-hybridized carbons (Fsp3) is 0.571. The molecule has 0 spiro atoms. The molecule has 5 nitrogen and oxygen atoms in total. The van der Waals surface area contributed by atoms with Crippen molar-refractivity contribution < 1.29 is 8.42 Å². The number of likely N-dealkylation sites (tertiary alicyclic amines) is 1. The second-order valence-electron chi connectivity index (χ2n) is 8.13. The van der Waals surface area contributed by atoms with Crippen LogP contribution in [-0.4, -0.2) is 44.0 Å². The topological polar surface area (TPSA) is 62.3 Å². The van der Waals surface area contributed by atoms with Crippen molar-refractivity contribution in [2.75, 3.05) is 19.6 Å². The maximum atomic E-state index is 13.0. The molecule has 146 valence electrons. The Hall–Kier alpha value is -1.50. The molecule has 0 atom stereocenters. The van der Waals surface area contributed by atoms with Gasteiger partial charge in [-0.2, -0.15) is 0 Å². The summed E-state index contributed by atoms with van der Waals surface area (Å²) in [5.41, 5.74) is 1.75. The molecule has 0 amide bonds. The van der Waals surface area contributed by atoms with Gasteiger partial charge in [0.2, 0.25) is 10.0 Å². The van der Waals surface area contributed by atoms with Crippen LogP contribution in [-0.2, 0) is 10.0 Å². The van der Waals surface area contributed by atoms with Gasteiger partial charge in [-0.3, -0.25) is 4.98 Å². The van der Waals surface area contributed by atoms with Crippen molar-refractivity contribution in [1.29, 1.82) is 0 Å². The molecule has 1 saturated heterocycles. The summed E-state index contributed by atoms with van der Waals surface area (Å²) in [6.45, 7) is 5.12. The van der Waals surface area contributed by atoms with Crippen LogP contribution in [0.25, 0.3) is 10.9 Å². The lowest BCUT2D eigenvalue weighted by Gasteiger charge is -2.33. The van der Waals surface area contributed by atoms with E-state index in [4.69, 9.17) is 0 Å². The van der Waals surface area contributed by atoms with Crippen LogP contribution in [0.2, 0.25) is 0 Å². The van der Waals surface area contributed by atoms with E-state index < -0.39 is 10.0 Å². The third kappa shape index (κ3) is 4.18. The molecular weight excluding hydrogens is 358 g/mol. The van der Waals surface area contributed by atoms with Crippen molar-refractivity contribution in [2.45, 2.75) is 56.4 Å². The predicted molar refractivity (Wildman–Crippen MR) is 108 cm³/mol. The number of fused-ring (bicyclic) bond motifs is 1. The van der Waals surface area contributed by atoms with E-state index >= 15 is 0 Å². The molecule has 1 aromatic heterocycles. The molecule has 0 bridgehead atoms. The molecular formula is C21H29N3O2S. The van der Waals surface area contributed by atoms with Gasteiger partial charge in [0.25, 0.3) is 0 Å². The maximum Gasteiger partial charge on any atom is 0.241 e. The Kier molecular flexibility index (Phi) is 5.48. The van der Waals surface area contributed by atoms with Crippen LogP contribution >= 0.6 is 0 Å². The smallest absolute Gasteiger partial charge is 0.241 e. The van der Waals surface area contributed by atoms with Crippen LogP contribution in [0.5, 0.6) is 0 Å². The molecule has 6 heteroatoms. The van der Waals surface area contributed by atoms with Crippen molar-refractivity contribution >= 4 is 20.9 Å². The number of hydrogen-bond acceptors (Lipinski definition) is 4. The van der Waals surface area contributed by atoms with Crippen LogP contribution in [0.4, 0.5) is 0 Å². The highest BCUT2D eigenvalue weighted by Crippen LogP contribution is 2.27. The summed E-state index contributed by atoms with van der Waals surface area (Å²) in [4.78, 5) is 7.22. The van der Waals surface area contributed by atoms with E-state index in [1.807, 2.05) is 19.1 Å². The second kappa shape index (κ2) is 7.86. The molecule has 1 saturated carbocycles. The number of aryl methyl sites for hydroxylation is 1. The third-order valence-corrected chi connectivity index (χ3v) is 7.70. The molecule has 0 unspecified atom stereocenters. The fourth-order valence-corrected chi connectivity index (χ4v) is 6.10. The van der Waals surface area contributed by atoms with Gasteiger partial charge in [-0.05, 0) is 75.4 Å². The number of hydrogen-bond donors (Lipinski definition) is 1. The Morgan fingerprint density at radius 2 is 1.85 bits per heavy atom. The molecule has 2 heterocycles. The van der Waals surface area contributed by atoms with Gasteiger partial charge in [0.15, 0.2) is 0 Å². The highest BCUT2D eigenvalue weighted by atomic mass is 32.2. The van der Waals surface area contributed by atoms with Crippen molar-refractivity contribution in [3.05, 3.63) is 36.0 Å². The highest BCUT2D eigenvalue weighted by Gasteiger charge is 2.27. The average molecular weight is 388 g/mol. The van der Waals surface area contributed by atoms with Gasteiger partial charge in [-0.15, -0.1) is 0 Å². The fourth-order valence-electron chi connectivity index (χ4n) is 4.60. The number of aromatic nitrogens is 1. The Morgan fingerprint density at radius 3 is 2.59 bits per heavy atom. The average Bonchev–Trinajstić information content (AvgIpc) is 3.16. The van der Waals surface area contributed by atoms with E-state index in [9.17, 15) is 8.42 Å². The summed E-state index contributed by atoms with van der Waals surface area (Å²) >= 11 is 0. The molecule has 2 aliphatic rings. The quantitative estimate of drug-likeness (QED) is 0.853. The lowest BCUT2D eigenvalue weighted by Crippen LogP contribution is -2.45. The van der Waals surface area contributed by atoms with Crippen LogP contribution < -0.4 is 4.72 Å². The molecule has 1 aliphatic heterocycles. The zero-order valence-corrected chi connectivity index (χ0v) is 16.8.